The van der Waals surface area contributed by atoms with E-state index in [1.807, 2.05) is 24.3 Å². The van der Waals surface area contributed by atoms with Crippen LogP contribution >= 0.6 is 11.6 Å². The van der Waals surface area contributed by atoms with Crippen LogP contribution in [0.3, 0.4) is 0 Å². The molecule has 0 spiro atoms. The molecule has 0 saturated carbocycles. The summed E-state index contributed by atoms with van der Waals surface area (Å²) in [4.78, 5) is 18.4. The van der Waals surface area contributed by atoms with Gasteiger partial charge in [-0.05, 0) is 31.0 Å². The Morgan fingerprint density at radius 2 is 2.04 bits per heavy atom. The van der Waals surface area contributed by atoms with Crippen LogP contribution in [0.15, 0.2) is 55.3 Å². The summed E-state index contributed by atoms with van der Waals surface area (Å²) in [5.41, 5.74) is 0.378. The minimum absolute atomic E-state index is 0.171. The van der Waals surface area contributed by atoms with Crippen LogP contribution in [-0.2, 0) is 5.60 Å². The lowest BCUT2D eigenvalue weighted by Gasteiger charge is -2.39. The lowest BCUT2D eigenvalue weighted by Crippen LogP contribution is -2.43. The van der Waals surface area contributed by atoms with Crippen molar-refractivity contribution in [3.63, 3.8) is 0 Å². The average Bonchev–Trinajstić information content (AvgIpc) is 2.67. The van der Waals surface area contributed by atoms with Gasteiger partial charge in [0.25, 0.3) is 5.91 Å². The first-order valence-corrected chi connectivity index (χ1v) is 8.99. The molecule has 6 heteroatoms. The highest BCUT2D eigenvalue weighted by atomic mass is 35.5. The van der Waals surface area contributed by atoms with Crippen LogP contribution in [0.25, 0.3) is 0 Å². The summed E-state index contributed by atoms with van der Waals surface area (Å²) in [6.07, 6.45) is 4.34. The SMILES string of the molecule is C=CCNC(=O)c1ccc(N2CCC(O)(c3ccccc3Cl)CC2)nc1. The minimum Gasteiger partial charge on any atom is -0.385 e. The zero-order valence-electron chi connectivity index (χ0n) is 14.5. The summed E-state index contributed by atoms with van der Waals surface area (Å²) in [6, 6.07) is 11.0. The molecule has 5 nitrogen and oxygen atoms in total. The molecule has 2 heterocycles. The minimum atomic E-state index is -0.917. The maximum Gasteiger partial charge on any atom is 0.253 e. The molecule has 1 fully saturated rings. The third kappa shape index (κ3) is 3.89. The lowest BCUT2D eigenvalue weighted by molar-refractivity contribution is 0.0117. The standard InChI is InChI=1S/C20H22ClN3O2/c1-2-11-22-19(25)15-7-8-18(23-14-15)24-12-9-20(26,10-13-24)16-5-3-4-6-17(16)21/h2-8,14,26H,1,9-13H2,(H,22,25). The van der Waals surface area contributed by atoms with Crippen molar-refractivity contribution in [3.05, 3.63) is 71.4 Å². The number of anilines is 1. The normalized spacial score (nSPS) is 16.2. The zero-order chi connectivity index (χ0) is 18.6. The van der Waals surface area contributed by atoms with Gasteiger partial charge in [-0.15, -0.1) is 6.58 Å². The van der Waals surface area contributed by atoms with E-state index in [4.69, 9.17) is 11.6 Å². The van der Waals surface area contributed by atoms with Gasteiger partial charge in [0, 0.05) is 36.4 Å². The Bertz CT molecular complexity index is 784. The molecular formula is C20H22ClN3O2. The summed E-state index contributed by atoms with van der Waals surface area (Å²) < 4.78 is 0. The number of hydrogen-bond acceptors (Lipinski definition) is 4. The first-order valence-electron chi connectivity index (χ1n) is 8.61. The van der Waals surface area contributed by atoms with E-state index in [-0.39, 0.29) is 5.91 Å². The number of amides is 1. The van der Waals surface area contributed by atoms with Gasteiger partial charge in [-0.3, -0.25) is 4.79 Å². The largest absolute Gasteiger partial charge is 0.385 e. The van der Waals surface area contributed by atoms with Gasteiger partial charge in [0.15, 0.2) is 0 Å². The number of nitrogens with zero attached hydrogens (tertiary/aromatic N) is 2. The summed E-state index contributed by atoms with van der Waals surface area (Å²) in [7, 11) is 0. The van der Waals surface area contributed by atoms with E-state index in [2.05, 4.69) is 21.8 Å². The van der Waals surface area contributed by atoms with Gasteiger partial charge in [0.2, 0.25) is 0 Å². The molecule has 136 valence electrons. The highest BCUT2D eigenvalue weighted by Gasteiger charge is 2.35. The topological polar surface area (TPSA) is 65.5 Å². The Hall–Kier alpha value is -2.37. The number of piperidine rings is 1. The second-order valence-corrected chi connectivity index (χ2v) is 6.81. The Morgan fingerprint density at radius 3 is 2.65 bits per heavy atom. The molecule has 0 aliphatic carbocycles. The quantitative estimate of drug-likeness (QED) is 0.792. The molecule has 1 aliphatic rings. The number of pyridine rings is 1. The highest BCUT2D eigenvalue weighted by Crippen LogP contribution is 2.37. The van der Waals surface area contributed by atoms with Crippen molar-refractivity contribution in [2.45, 2.75) is 18.4 Å². The molecule has 1 aromatic carbocycles. The maximum atomic E-state index is 11.9. The number of hydrogen-bond donors (Lipinski definition) is 2. The first kappa shape index (κ1) is 18.4. The summed E-state index contributed by atoms with van der Waals surface area (Å²) in [5, 5.41) is 14.3. The van der Waals surface area contributed by atoms with E-state index in [9.17, 15) is 9.90 Å². The predicted octanol–water partition coefficient (Wildman–Crippen LogP) is 3.14. The summed E-state index contributed by atoms with van der Waals surface area (Å²) in [5.74, 6) is 0.627. The molecule has 0 radical (unpaired) electrons. The van der Waals surface area contributed by atoms with Crippen molar-refractivity contribution < 1.29 is 9.90 Å². The fraction of sp³-hybridized carbons (Fsp3) is 0.300. The Morgan fingerprint density at radius 1 is 1.31 bits per heavy atom. The van der Waals surface area contributed by atoms with Crippen LogP contribution in [0.2, 0.25) is 5.02 Å². The molecule has 1 amide bonds. The van der Waals surface area contributed by atoms with Crippen LogP contribution in [-0.4, -0.2) is 35.6 Å². The number of aromatic nitrogens is 1. The van der Waals surface area contributed by atoms with Gasteiger partial charge < -0.3 is 15.3 Å². The fourth-order valence-electron chi connectivity index (χ4n) is 3.19. The van der Waals surface area contributed by atoms with Gasteiger partial charge in [-0.2, -0.15) is 0 Å². The zero-order valence-corrected chi connectivity index (χ0v) is 15.2. The number of aliphatic hydroxyl groups is 1. The molecule has 1 aliphatic heterocycles. The second kappa shape index (κ2) is 7.89. The monoisotopic (exact) mass is 371 g/mol. The van der Waals surface area contributed by atoms with E-state index in [0.717, 1.165) is 11.4 Å². The summed E-state index contributed by atoms with van der Waals surface area (Å²) in [6.45, 7) is 5.33. The molecule has 26 heavy (non-hydrogen) atoms. The number of rotatable bonds is 5. The van der Waals surface area contributed by atoms with Gasteiger partial charge in [0.05, 0.1) is 11.2 Å². The van der Waals surface area contributed by atoms with E-state index >= 15 is 0 Å². The van der Waals surface area contributed by atoms with Crippen LogP contribution in [0.1, 0.15) is 28.8 Å². The second-order valence-electron chi connectivity index (χ2n) is 6.40. The third-order valence-corrected chi connectivity index (χ3v) is 5.04. The lowest BCUT2D eigenvalue weighted by atomic mass is 9.84. The molecule has 0 atom stereocenters. The molecule has 1 saturated heterocycles. The molecule has 2 N–H and O–H groups in total. The van der Waals surface area contributed by atoms with Crippen LogP contribution in [0, 0.1) is 0 Å². The molecule has 0 unspecified atom stereocenters. The van der Waals surface area contributed by atoms with Crippen LogP contribution < -0.4 is 10.2 Å². The molecular weight excluding hydrogens is 350 g/mol. The van der Waals surface area contributed by atoms with Crippen molar-refractivity contribution in [2.75, 3.05) is 24.5 Å². The summed E-state index contributed by atoms with van der Waals surface area (Å²) >= 11 is 6.25. The van der Waals surface area contributed by atoms with Crippen molar-refractivity contribution in [3.8, 4) is 0 Å². The van der Waals surface area contributed by atoms with Crippen molar-refractivity contribution >= 4 is 23.3 Å². The van der Waals surface area contributed by atoms with Crippen LogP contribution in [0.4, 0.5) is 5.82 Å². The predicted molar refractivity (Wildman–Crippen MR) is 104 cm³/mol. The number of carbonyl (C=O) groups is 1. The van der Waals surface area contributed by atoms with Crippen molar-refractivity contribution in [1.29, 1.82) is 0 Å². The van der Waals surface area contributed by atoms with Crippen molar-refractivity contribution in [2.24, 2.45) is 0 Å². The van der Waals surface area contributed by atoms with E-state index < -0.39 is 5.60 Å². The highest BCUT2D eigenvalue weighted by molar-refractivity contribution is 6.31. The van der Waals surface area contributed by atoms with Gasteiger partial charge in [-0.1, -0.05) is 35.9 Å². The Labute approximate surface area is 158 Å². The molecule has 1 aromatic heterocycles. The first-order chi connectivity index (χ1) is 12.5. The third-order valence-electron chi connectivity index (χ3n) is 4.71. The molecule has 0 bridgehead atoms. The Balaban J connectivity index is 1.66. The van der Waals surface area contributed by atoms with Gasteiger partial charge in [0.1, 0.15) is 5.82 Å². The number of benzene rings is 1. The number of carbonyl (C=O) groups excluding carboxylic acids is 1. The average molecular weight is 372 g/mol. The van der Waals surface area contributed by atoms with Gasteiger partial charge in [-0.25, -0.2) is 4.98 Å². The Kier molecular flexibility index (Phi) is 5.59. The van der Waals surface area contributed by atoms with E-state index in [0.29, 0.717) is 43.1 Å². The fourth-order valence-corrected chi connectivity index (χ4v) is 3.50. The molecule has 2 aromatic rings. The number of halogens is 1. The number of nitrogens with one attached hydrogen (secondary N) is 1. The van der Waals surface area contributed by atoms with Crippen LogP contribution in [0.5, 0.6) is 0 Å². The van der Waals surface area contributed by atoms with E-state index in [1.165, 1.54) is 0 Å². The smallest absolute Gasteiger partial charge is 0.253 e. The van der Waals surface area contributed by atoms with Gasteiger partial charge >= 0.3 is 0 Å². The van der Waals surface area contributed by atoms with Crippen molar-refractivity contribution in [1.82, 2.24) is 10.3 Å². The maximum absolute atomic E-state index is 11.9. The molecule has 3 rings (SSSR count). The van der Waals surface area contributed by atoms with E-state index in [1.54, 1.807) is 24.4 Å².